The summed E-state index contributed by atoms with van der Waals surface area (Å²) in [5.74, 6) is 1.07. The van der Waals surface area contributed by atoms with Crippen LogP contribution in [0, 0.1) is 0 Å². The number of halogens is 1. The van der Waals surface area contributed by atoms with Crippen LogP contribution < -0.4 is 0 Å². The SMILES string of the molecule is BrCCCCSc1nc2ccccc2o1. The van der Waals surface area contributed by atoms with Crippen LogP contribution in [0.1, 0.15) is 12.8 Å². The summed E-state index contributed by atoms with van der Waals surface area (Å²) in [6, 6.07) is 7.86. The molecule has 0 atom stereocenters. The fourth-order valence-electron chi connectivity index (χ4n) is 1.27. The summed E-state index contributed by atoms with van der Waals surface area (Å²) in [7, 11) is 0. The highest BCUT2D eigenvalue weighted by Gasteiger charge is 2.04. The van der Waals surface area contributed by atoms with Crippen LogP contribution in [-0.4, -0.2) is 16.1 Å². The molecule has 0 aliphatic heterocycles. The molecule has 0 saturated carbocycles. The van der Waals surface area contributed by atoms with E-state index in [4.69, 9.17) is 4.42 Å². The van der Waals surface area contributed by atoms with Crippen molar-refractivity contribution in [2.24, 2.45) is 0 Å². The van der Waals surface area contributed by atoms with E-state index in [1.165, 1.54) is 12.8 Å². The molecule has 2 nitrogen and oxygen atoms in total. The lowest BCUT2D eigenvalue weighted by atomic mass is 10.3. The van der Waals surface area contributed by atoms with Gasteiger partial charge in [0.1, 0.15) is 5.52 Å². The van der Waals surface area contributed by atoms with Gasteiger partial charge in [-0.1, -0.05) is 39.8 Å². The zero-order valence-electron chi connectivity index (χ0n) is 8.28. The van der Waals surface area contributed by atoms with Gasteiger partial charge in [-0.2, -0.15) is 0 Å². The summed E-state index contributed by atoms with van der Waals surface area (Å²) in [5.41, 5.74) is 1.82. The van der Waals surface area contributed by atoms with E-state index in [1.54, 1.807) is 11.8 Å². The fourth-order valence-corrected chi connectivity index (χ4v) is 2.50. The van der Waals surface area contributed by atoms with E-state index in [0.717, 1.165) is 27.4 Å². The summed E-state index contributed by atoms with van der Waals surface area (Å²) in [6.07, 6.45) is 2.39. The standard InChI is InChI=1S/C11H12BrNOS/c12-7-3-4-8-15-11-13-9-5-1-2-6-10(9)14-11/h1-2,5-6H,3-4,7-8H2. The lowest BCUT2D eigenvalue weighted by molar-refractivity contribution is 0.489. The molecule has 0 fully saturated rings. The molecule has 1 aromatic carbocycles. The molecule has 15 heavy (non-hydrogen) atoms. The molecule has 1 aromatic heterocycles. The summed E-state index contributed by atoms with van der Waals surface area (Å²) in [4.78, 5) is 4.39. The predicted molar refractivity (Wildman–Crippen MR) is 67.8 cm³/mol. The maximum Gasteiger partial charge on any atom is 0.256 e. The maximum absolute atomic E-state index is 5.59. The highest BCUT2D eigenvalue weighted by molar-refractivity contribution is 9.09. The molecule has 2 aromatic rings. The van der Waals surface area contributed by atoms with Gasteiger partial charge in [-0.25, -0.2) is 4.98 Å². The van der Waals surface area contributed by atoms with Crippen LogP contribution in [-0.2, 0) is 0 Å². The first-order valence-electron chi connectivity index (χ1n) is 4.94. The number of benzene rings is 1. The Labute approximate surface area is 102 Å². The van der Waals surface area contributed by atoms with Crippen molar-refractivity contribution in [2.75, 3.05) is 11.1 Å². The Balaban J connectivity index is 1.97. The Kier molecular flexibility index (Phi) is 4.09. The van der Waals surface area contributed by atoms with E-state index in [2.05, 4.69) is 20.9 Å². The number of hydrogen-bond acceptors (Lipinski definition) is 3. The van der Waals surface area contributed by atoms with Gasteiger partial charge < -0.3 is 4.42 Å². The van der Waals surface area contributed by atoms with Crippen molar-refractivity contribution in [2.45, 2.75) is 18.1 Å². The molecule has 0 amide bonds. The number of alkyl halides is 1. The van der Waals surface area contributed by atoms with Gasteiger partial charge in [0.2, 0.25) is 0 Å². The van der Waals surface area contributed by atoms with Crippen LogP contribution >= 0.6 is 27.7 Å². The average molecular weight is 286 g/mol. The van der Waals surface area contributed by atoms with Gasteiger partial charge in [0.05, 0.1) is 0 Å². The molecule has 0 aliphatic rings. The molecule has 0 aliphatic carbocycles. The quantitative estimate of drug-likeness (QED) is 0.470. The molecule has 0 N–H and O–H groups in total. The third kappa shape index (κ3) is 2.98. The minimum atomic E-state index is 0.783. The van der Waals surface area contributed by atoms with Gasteiger partial charge in [-0.15, -0.1) is 0 Å². The van der Waals surface area contributed by atoms with Gasteiger partial charge in [0.15, 0.2) is 5.58 Å². The van der Waals surface area contributed by atoms with Crippen molar-refractivity contribution in [1.82, 2.24) is 4.98 Å². The normalized spacial score (nSPS) is 11.0. The number of rotatable bonds is 5. The summed E-state index contributed by atoms with van der Waals surface area (Å²) < 4.78 is 5.59. The van der Waals surface area contributed by atoms with Crippen LogP contribution in [0.4, 0.5) is 0 Å². The predicted octanol–water partition coefficient (Wildman–Crippen LogP) is 4.10. The summed E-state index contributed by atoms with van der Waals surface area (Å²) in [6.45, 7) is 0. The van der Waals surface area contributed by atoms with Crippen LogP contribution in [0.2, 0.25) is 0 Å². The number of thioether (sulfide) groups is 1. The van der Waals surface area contributed by atoms with E-state index in [0.29, 0.717) is 0 Å². The number of hydrogen-bond donors (Lipinski definition) is 0. The number of nitrogens with zero attached hydrogens (tertiary/aromatic N) is 1. The second-order valence-electron chi connectivity index (χ2n) is 3.19. The van der Waals surface area contributed by atoms with E-state index >= 15 is 0 Å². The second kappa shape index (κ2) is 5.56. The van der Waals surface area contributed by atoms with Gasteiger partial charge in [0, 0.05) is 11.1 Å². The number of oxazole rings is 1. The highest BCUT2D eigenvalue weighted by atomic mass is 79.9. The van der Waals surface area contributed by atoms with Crippen molar-refractivity contribution in [3.8, 4) is 0 Å². The Bertz CT molecular complexity index is 396. The number of aromatic nitrogens is 1. The zero-order chi connectivity index (χ0) is 10.5. The molecule has 0 bridgehead atoms. The Morgan fingerprint density at radius 3 is 2.93 bits per heavy atom. The van der Waals surface area contributed by atoms with Gasteiger partial charge in [-0.05, 0) is 25.0 Å². The molecule has 0 unspecified atom stereocenters. The first-order valence-corrected chi connectivity index (χ1v) is 7.05. The minimum absolute atomic E-state index is 0.783. The highest BCUT2D eigenvalue weighted by Crippen LogP contribution is 2.23. The average Bonchev–Trinajstić information content (AvgIpc) is 2.67. The summed E-state index contributed by atoms with van der Waals surface area (Å²) >= 11 is 5.10. The van der Waals surface area contributed by atoms with Crippen LogP contribution in [0.25, 0.3) is 11.1 Å². The Morgan fingerprint density at radius 1 is 1.27 bits per heavy atom. The van der Waals surface area contributed by atoms with Crippen molar-refractivity contribution in [1.29, 1.82) is 0 Å². The number of para-hydroxylation sites is 2. The molecule has 80 valence electrons. The molecule has 4 heteroatoms. The van der Waals surface area contributed by atoms with Gasteiger partial charge in [-0.3, -0.25) is 0 Å². The van der Waals surface area contributed by atoms with Crippen molar-refractivity contribution < 1.29 is 4.42 Å². The van der Waals surface area contributed by atoms with E-state index in [-0.39, 0.29) is 0 Å². The molecule has 0 saturated heterocycles. The molecular weight excluding hydrogens is 274 g/mol. The molecule has 0 spiro atoms. The third-order valence-corrected chi connectivity index (χ3v) is 3.50. The van der Waals surface area contributed by atoms with Crippen molar-refractivity contribution in [3.63, 3.8) is 0 Å². The topological polar surface area (TPSA) is 26.0 Å². The zero-order valence-corrected chi connectivity index (χ0v) is 10.7. The van der Waals surface area contributed by atoms with Crippen LogP contribution in [0.5, 0.6) is 0 Å². The molecule has 2 rings (SSSR count). The van der Waals surface area contributed by atoms with Crippen LogP contribution in [0.15, 0.2) is 33.9 Å². The molecule has 1 heterocycles. The van der Waals surface area contributed by atoms with E-state index in [1.807, 2.05) is 24.3 Å². The summed E-state index contributed by atoms with van der Waals surface area (Å²) in [5, 5.41) is 1.85. The van der Waals surface area contributed by atoms with Crippen molar-refractivity contribution >= 4 is 38.8 Å². The largest absolute Gasteiger partial charge is 0.431 e. The maximum atomic E-state index is 5.59. The second-order valence-corrected chi connectivity index (χ2v) is 5.03. The van der Waals surface area contributed by atoms with E-state index < -0.39 is 0 Å². The molecular formula is C11H12BrNOS. The smallest absolute Gasteiger partial charge is 0.256 e. The van der Waals surface area contributed by atoms with Gasteiger partial charge >= 0.3 is 0 Å². The fraction of sp³-hybridized carbons (Fsp3) is 0.364. The lowest BCUT2D eigenvalue weighted by Gasteiger charge is -1.93. The monoisotopic (exact) mass is 285 g/mol. The number of unbranched alkanes of at least 4 members (excludes halogenated alkanes) is 1. The van der Waals surface area contributed by atoms with E-state index in [9.17, 15) is 0 Å². The van der Waals surface area contributed by atoms with Crippen molar-refractivity contribution in [3.05, 3.63) is 24.3 Å². The third-order valence-electron chi connectivity index (χ3n) is 2.03. The van der Waals surface area contributed by atoms with Crippen LogP contribution in [0.3, 0.4) is 0 Å². The Hall–Kier alpha value is -0.480. The number of fused-ring (bicyclic) bond motifs is 1. The first kappa shape index (κ1) is 11.0. The first-order chi connectivity index (χ1) is 7.40. The minimum Gasteiger partial charge on any atom is -0.431 e. The Morgan fingerprint density at radius 2 is 2.13 bits per heavy atom. The molecule has 0 radical (unpaired) electrons. The van der Waals surface area contributed by atoms with Gasteiger partial charge in [0.25, 0.3) is 5.22 Å². The lowest BCUT2D eigenvalue weighted by Crippen LogP contribution is -1.81.